The molecular weight excluding hydrogens is 452 g/mol. The Morgan fingerprint density at radius 1 is 1.23 bits per heavy atom. The van der Waals surface area contributed by atoms with Crippen LogP contribution in [-0.2, 0) is 5.60 Å². The maximum Gasteiger partial charge on any atom is 0.0840 e. The lowest BCUT2D eigenvalue weighted by molar-refractivity contribution is 0.0783. The fraction of sp³-hybridized carbons (Fsp3) is 0.613. The zero-order chi connectivity index (χ0) is 25.4. The van der Waals surface area contributed by atoms with Crippen molar-refractivity contribution in [2.75, 3.05) is 5.75 Å². The van der Waals surface area contributed by atoms with E-state index in [-0.39, 0.29) is 0 Å². The Bertz CT molecular complexity index is 987. The maximum absolute atomic E-state index is 10.4. The molecule has 3 aliphatic rings. The molecule has 0 radical (unpaired) electrons. The molecule has 3 N–H and O–H groups in total. The van der Waals surface area contributed by atoms with Crippen LogP contribution in [0.5, 0.6) is 0 Å². The summed E-state index contributed by atoms with van der Waals surface area (Å²) < 4.78 is 0. The minimum absolute atomic E-state index is 0.333. The largest absolute Gasteiger partial charge is 0.393 e. The maximum atomic E-state index is 10.4. The number of aliphatic hydroxyl groups is 3. The molecule has 0 bridgehead atoms. The van der Waals surface area contributed by atoms with Crippen LogP contribution in [0.15, 0.2) is 64.6 Å². The van der Waals surface area contributed by atoms with Gasteiger partial charge in [-0.2, -0.15) is 0 Å². The Morgan fingerprint density at radius 3 is 2.74 bits per heavy atom. The van der Waals surface area contributed by atoms with Gasteiger partial charge in [0.15, 0.2) is 0 Å². The van der Waals surface area contributed by atoms with E-state index in [1.807, 2.05) is 31.7 Å². The molecule has 3 nitrogen and oxygen atoms in total. The molecule has 4 rings (SSSR count). The third kappa shape index (κ3) is 5.82. The molecule has 2 unspecified atom stereocenters. The molecule has 3 aliphatic carbocycles. The Morgan fingerprint density at radius 2 is 2.00 bits per heavy atom. The molecule has 0 spiro atoms. The minimum atomic E-state index is -0.811. The van der Waals surface area contributed by atoms with Crippen LogP contribution >= 0.6 is 11.8 Å². The Labute approximate surface area is 216 Å². The molecule has 35 heavy (non-hydrogen) atoms. The fourth-order valence-electron chi connectivity index (χ4n) is 6.99. The first-order valence-electron chi connectivity index (χ1n) is 13.4. The first-order chi connectivity index (χ1) is 16.5. The summed E-state index contributed by atoms with van der Waals surface area (Å²) in [5.41, 5.74) is 3.82. The van der Waals surface area contributed by atoms with Gasteiger partial charge < -0.3 is 15.3 Å². The lowest BCUT2D eigenvalue weighted by atomic mass is 9.61. The topological polar surface area (TPSA) is 60.7 Å². The highest BCUT2D eigenvalue weighted by atomic mass is 32.2. The van der Waals surface area contributed by atoms with E-state index in [4.69, 9.17) is 0 Å². The molecule has 3 saturated carbocycles. The standard InChI is InChI=1S/C31H44O3S/c1-20(19-35-26-10-6-9-24(17-26)30(3,4)34)27-13-14-28-22(8-7-15-31(27,28)5)11-12-23-16-25(32)18-29(33)21(23)2/h6,9-12,17,20,25,27-29,32-34H,2,7-8,13-16,18-19H2,1,3-5H3/b22-11+,23-12-/t20-,25+,27?,28?,29-,31+/m0/s1. The molecule has 0 heterocycles. The van der Waals surface area contributed by atoms with Crippen LogP contribution in [-0.4, -0.2) is 33.3 Å². The summed E-state index contributed by atoms with van der Waals surface area (Å²) in [4.78, 5) is 1.24. The zero-order valence-corrected chi connectivity index (χ0v) is 22.8. The van der Waals surface area contributed by atoms with Gasteiger partial charge in [-0.25, -0.2) is 0 Å². The lowest BCUT2D eigenvalue weighted by Crippen LogP contribution is -2.36. The molecule has 4 heteroatoms. The molecule has 6 atom stereocenters. The molecular formula is C31H44O3S. The lowest BCUT2D eigenvalue weighted by Gasteiger charge is -2.44. The summed E-state index contributed by atoms with van der Waals surface area (Å²) in [7, 11) is 0. The molecule has 1 aromatic carbocycles. The van der Waals surface area contributed by atoms with Gasteiger partial charge in [0.25, 0.3) is 0 Å². The van der Waals surface area contributed by atoms with Crippen LogP contribution in [0.25, 0.3) is 0 Å². The van der Waals surface area contributed by atoms with Crippen molar-refractivity contribution < 1.29 is 15.3 Å². The Hall–Kier alpha value is -1.33. The van der Waals surface area contributed by atoms with Crippen LogP contribution < -0.4 is 0 Å². The molecule has 0 aliphatic heterocycles. The zero-order valence-electron chi connectivity index (χ0n) is 22.0. The number of aliphatic hydroxyl groups excluding tert-OH is 2. The summed E-state index contributed by atoms with van der Waals surface area (Å²) in [5, 5.41) is 30.7. The highest BCUT2D eigenvalue weighted by Crippen LogP contribution is 2.59. The minimum Gasteiger partial charge on any atom is -0.393 e. The summed E-state index contributed by atoms with van der Waals surface area (Å²) in [5.74, 6) is 3.06. The highest BCUT2D eigenvalue weighted by Gasteiger charge is 2.50. The Kier molecular flexibility index (Phi) is 8.07. The van der Waals surface area contributed by atoms with Gasteiger partial charge in [0, 0.05) is 17.1 Å². The predicted octanol–water partition coefficient (Wildman–Crippen LogP) is 6.78. The van der Waals surface area contributed by atoms with Gasteiger partial charge in [-0.1, -0.05) is 50.3 Å². The smallest absolute Gasteiger partial charge is 0.0840 e. The number of rotatable bonds is 6. The van der Waals surface area contributed by atoms with E-state index in [0.717, 1.165) is 28.9 Å². The van der Waals surface area contributed by atoms with Crippen molar-refractivity contribution >= 4 is 11.8 Å². The van der Waals surface area contributed by atoms with Gasteiger partial charge in [-0.3, -0.25) is 0 Å². The van der Waals surface area contributed by atoms with Gasteiger partial charge in [-0.05, 0) is 104 Å². The number of thioether (sulfide) groups is 1. The SMILES string of the molecule is C=C1/C(=C\C=C2/CCC[C@@]3(C)C2CCC3[C@@H](C)CSc2cccc(C(C)(C)O)c2)C[C@@H](O)C[C@@H]1O. The van der Waals surface area contributed by atoms with E-state index in [1.165, 1.54) is 30.6 Å². The number of hydrogen-bond donors (Lipinski definition) is 3. The Balaban J connectivity index is 1.45. The monoisotopic (exact) mass is 496 g/mol. The average molecular weight is 497 g/mol. The molecule has 0 aromatic heterocycles. The van der Waals surface area contributed by atoms with Crippen LogP contribution in [0, 0.1) is 23.2 Å². The molecule has 0 saturated heterocycles. The first kappa shape index (κ1) is 26.7. The average Bonchev–Trinajstić information content (AvgIpc) is 3.16. The molecule has 1 aromatic rings. The van der Waals surface area contributed by atoms with Gasteiger partial charge >= 0.3 is 0 Å². The molecule has 0 amide bonds. The summed E-state index contributed by atoms with van der Waals surface area (Å²) in [6.07, 6.45) is 10.5. The number of benzene rings is 1. The quantitative estimate of drug-likeness (QED) is 0.380. The molecule has 3 fully saturated rings. The van der Waals surface area contributed by atoms with Crippen LogP contribution in [0.1, 0.15) is 78.2 Å². The van der Waals surface area contributed by atoms with Crippen molar-refractivity contribution in [3.05, 3.63) is 65.3 Å². The molecule has 192 valence electrons. The number of allylic oxidation sites excluding steroid dienone is 3. The fourth-order valence-corrected chi connectivity index (χ4v) is 8.06. The van der Waals surface area contributed by atoms with Crippen molar-refractivity contribution in [3.63, 3.8) is 0 Å². The first-order valence-corrected chi connectivity index (χ1v) is 14.4. The van der Waals surface area contributed by atoms with Crippen LogP contribution in [0.2, 0.25) is 0 Å². The van der Waals surface area contributed by atoms with Gasteiger partial charge in [0.2, 0.25) is 0 Å². The number of hydrogen-bond acceptors (Lipinski definition) is 4. The van der Waals surface area contributed by atoms with E-state index in [9.17, 15) is 15.3 Å². The van der Waals surface area contributed by atoms with Gasteiger partial charge in [0.05, 0.1) is 17.8 Å². The second-order valence-corrected chi connectivity index (χ2v) is 13.1. The van der Waals surface area contributed by atoms with E-state index in [0.29, 0.717) is 36.0 Å². The van der Waals surface area contributed by atoms with Crippen molar-refractivity contribution in [1.29, 1.82) is 0 Å². The van der Waals surface area contributed by atoms with Crippen LogP contribution in [0.3, 0.4) is 0 Å². The predicted molar refractivity (Wildman–Crippen MR) is 146 cm³/mol. The van der Waals surface area contributed by atoms with E-state index in [1.54, 1.807) is 5.57 Å². The van der Waals surface area contributed by atoms with Crippen molar-refractivity contribution in [3.8, 4) is 0 Å². The number of fused-ring (bicyclic) bond motifs is 1. The van der Waals surface area contributed by atoms with Crippen molar-refractivity contribution in [2.24, 2.45) is 23.2 Å². The van der Waals surface area contributed by atoms with E-state index < -0.39 is 17.8 Å². The van der Waals surface area contributed by atoms with E-state index in [2.05, 4.69) is 50.8 Å². The van der Waals surface area contributed by atoms with Crippen molar-refractivity contribution in [1.82, 2.24) is 0 Å². The van der Waals surface area contributed by atoms with Gasteiger partial charge in [-0.15, -0.1) is 11.8 Å². The van der Waals surface area contributed by atoms with Crippen LogP contribution in [0.4, 0.5) is 0 Å². The second-order valence-electron chi connectivity index (χ2n) is 12.0. The third-order valence-corrected chi connectivity index (χ3v) is 10.3. The third-order valence-electron chi connectivity index (χ3n) is 9.04. The normalized spacial score (nSPS) is 34.9. The summed E-state index contributed by atoms with van der Waals surface area (Å²) in [6, 6.07) is 8.36. The van der Waals surface area contributed by atoms with Crippen molar-refractivity contribution in [2.45, 2.75) is 95.3 Å². The summed E-state index contributed by atoms with van der Waals surface area (Å²) in [6.45, 7) is 12.7. The summed E-state index contributed by atoms with van der Waals surface area (Å²) >= 11 is 1.92. The second kappa shape index (κ2) is 10.6. The highest BCUT2D eigenvalue weighted by molar-refractivity contribution is 7.99. The van der Waals surface area contributed by atoms with Gasteiger partial charge in [0.1, 0.15) is 0 Å². The van der Waals surface area contributed by atoms with E-state index >= 15 is 0 Å².